The van der Waals surface area contributed by atoms with E-state index in [1.165, 1.54) is 27.8 Å². The van der Waals surface area contributed by atoms with Crippen LogP contribution in [-0.4, -0.2) is 10.2 Å². The van der Waals surface area contributed by atoms with E-state index in [9.17, 15) is 10.2 Å². The Balaban J connectivity index is 2.07. The van der Waals surface area contributed by atoms with Crippen molar-refractivity contribution in [3.63, 3.8) is 0 Å². The Labute approximate surface area is 137 Å². The zero-order valence-corrected chi connectivity index (χ0v) is 14.3. The number of aryl methyl sites for hydroxylation is 1. The lowest BCUT2D eigenvalue weighted by Gasteiger charge is -2.37. The molecule has 4 rings (SSSR count). The number of rotatable bonds is 0. The van der Waals surface area contributed by atoms with Gasteiger partial charge in [-0.25, -0.2) is 0 Å². The Morgan fingerprint density at radius 3 is 2.43 bits per heavy atom. The van der Waals surface area contributed by atoms with Gasteiger partial charge in [0.15, 0.2) is 0 Å². The molecule has 0 bridgehead atoms. The van der Waals surface area contributed by atoms with Crippen LogP contribution in [0.2, 0.25) is 0 Å². The standard InChI is InChI=1S/C21H24O2/c1-11-7-16(22)10-15-8-12(2)21(20(11)15)13(3)9-17-14(4)19(23)6-5-18(17)21/h5-7,10,12-13,22-23H,8-9H2,1-4H3. The highest BCUT2D eigenvalue weighted by Crippen LogP contribution is 2.60. The first-order chi connectivity index (χ1) is 10.9. The second-order valence-corrected chi connectivity index (χ2v) is 7.61. The van der Waals surface area contributed by atoms with E-state index < -0.39 is 0 Å². The van der Waals surface area contributed by atoms with Gasteiger partial charge in [0, 0.05) is 5.41 Å². The van der Waals surface area contributed by atoms with Gasteiger partial charge in [-0.1, -0.05) is 19.9 Å². The van der Waals surface area contributed by atoms with Crippen molar-refractivity contribution in [3.05, 3.63) is 57.6 Å². The molecule has 2 heteroatoms. The van der Waals surface area contributed by atoms with Crippen LogP contribution in [-0.2, 0) is 18.3 Å². The van der Waals surface area contributed by atoms with Gasteiger partial charge < -0.3 is 10.2 Å². The fourth-order valence-corrected chi connectivity index (χ4v) is 5.59. The molecule has 23 heavy (non-hydrogen) atoms. The summed E-state index contributed by atoms with van der Waals surface area (Å²) < 4.78 is 0. The molecule has 0 fully saturated rings. The Morgan fingerprint density at radius 1 is 1.00 bits per heavy atom. The van der Waals surface area contributed by atoms with Crippen LogP contribution in [0.4, 0.5) is 0 Å². The number of phenols is 2. The number of hydrogen-bond acceptors (Lipinski definition) is 2. The van der Waals surface area contributed by atoms with Gasteiger partial charge in [-0.05, 0) is 90.1 Å². The third-order valence-corrected chi connectivity index (χ3v) is 6.42. The molecule has 120 valence electrons. The predicted octanol–water partition coefficient (Wildman–Crippen LogP) is 4.39. The predicted molar refractivity (Wildman–Crippen MR) is 92.2 cm³/mol. The Bertz CT molecular complexity index is 821. The number of benzene rings is 2. The van der Waals surface area contributed by atoms with Crippen molar-refractivity contribution in [2.24, 2.45) is 11.8 Å². The number of phenolic OH excluding ortho intramolecular Hbond substituents is 2. The topological polar surface area (TPSA) is 40.5 Å². The van der Waals surface area contributed by atoms with Crippen LogP contribution < -0.4 is 0 Å². The highest BCUT2D eigenvalue weighted by atomic mass is 16.3. The Hall–Kier alpha value is -1.96. The second kappa shape index (κ2) is 4.53. The zero-order valence-electron chi connectivity index (χ0n) is 14.3. The average molecular weight is 308 g/mol. The van der Waals surface area contributed by atoms with Crippen LogP contribution in [0.3, 0.4) is 0 Å². The summed E-state index contributed by atoms with van der Waals surface area (Å²) in [6.45, 7) is 8.83. The van der Waals surface area contributed by atoms with Gasteiger partial charge in [0.05, 0.1) is 0 Å². The molecule has 1 spiro atoms. The summed E-state index contributed by atoms with van der Waals surface area (Å²) in [5.74, 6) is 1.77. The molecule has 0 amide bonds. The minimum Gasteiger partial charge on any atom is -0.508 e. The maximum atomic E-state index is 10.1. The van der Waals surface area contributed by atoms with Crippen LogP contribution in [0.5, 0.6) is 11.5 Å². The largest absolute Gasteiger partial charge is 0.508 e. The quantitative estimate of drug-likeness (QED) is 0.758. The normalized spacial score (nSPS) is 28.2. The van der Waals surface area contributed by atoms with Gasteiger partial charge in [-0.3, -0.25) is 0 Å². The maximum absolute atomic E-state index is 10.1. The first-order valence-corrected chi connectivity index (χ1v) is 8.52. The molecule has 0 heterocycles. The molecule has 0 aliphatic heterocycles. The van der Waals surface area contributed by atoms with Gasteiger partial charge in [-0.15, -0.1) is 0 Å². The van der Waals surface area contributed by atoms with Gasteiger partial charge in [0.2, 0.25) is 0 Å². The van der Waals surface area contributed by atoms with Gasteiger partial charge in [-0.2, -0.15) is 0 Å². The molecular formula is C21H24O2. The van der Waals surface area contributed by atoms with Gasteiger partial charge in [0.1, 0.15) is 11.5 Å². The fraction of sp³-hybridized carbons (Fsp3) is 0.429. The fourth-order valence-electron chi connectivity index (χ4n) is 5.59. The van der Waals surface area contributed by atoms with E-state index in [-0.39, 0.29) is 5.41 Å². The van der Waals surface area contributed by atoms with E-state index in [1.54, 1.807) is 0 Å². The molecular weight excluding hydrogens is 284 g/mol. The third kappa shape index (κ3) is 1.64. The summed E-state index contributed by atoms with van der Waals surface area (Å²) in [4.78, 5) is 0. The van der Waals surface area contributed by atoms with Crippen LogP contribution >= 0.6 is 0 Å². The number of aromatic hydroxyl groups is 2. The van der Waals surface area contributed by atoms with E-state index in [0.717, 1.165) is 18.4 Å². The van der Waals surface area contributed by atoms with Crippen molar-refractivity contribution in [1.82, 2.24) is 0 Å². The molecule has 2 aliphatic carbocycles. The molecule has 3 unspecified atom stereocenters. The lowest BCUT2D eigenvalue weighted by molar-refractivity contribution is 0.287. The van der Waals surface area contributed by atoms with Crippen molar-refractivity contribution in [2.45, 2.75) is 46.0 Å². The molecule has 0 aromatic heterocycles. The summed E-state index contributed by atoms with van der Waals surface area (Å²) in [5, 5.41) is 20.1. The highest BCUT2D eigenvalue weighted by Gasteiger charge is 2.54. The third-order valence-electron chi connectivity index (χ3n) is 6.42. The van der Waals surface area contributed by atoms with E-state index in [1.807, 2.05) is 25.1 Å². The molecule has 0 saturated carbocycles. The van der Waals surface area contributed by atoms with Crippen molar-refractivity contribution < 1.29 is 10.2 Å². The molecule has 2 N–H and O–H groups in total. The average Bonchev–Trinajstić information content (AvgIpc) is 2.93. The molecule has 2 aromatic rings. The Kier molecular flexibility index (Phi) is 2.88. The van der Waals surface area contributed by atoms with E-state index in [0.29, 0.717) is 23.3 Å². The minimum absolute atomic E-state index is 0.0148. The van der Waals surface area contributed by atoms with Gasteiger partial charge >= 0.3 is 0 Å². The molecule has 0 radical (unpaired) electrons. The monoisotopic (exact) mass is 308 g/mol. The van der Waals surface area contributed by atoms with Crippen molar-refractivity contribution >= 4 is 0 Å². The first kappa shape index (κ1) is 14.6. The smallest absolute Gasteiger partial charge is 0.118 e. The van der Waals surface area contributed by atoms with Crippen LogP contribution in [0, 0.1) is 25.7 Å². The SMILES string of the molecule is Cc1cc(O)cc2c1C1(c3ccc(O)c(C)c3CC1C)C(C)C2. The molecule has 2 aromatic carbocycles. The maximum Gasteiger partial charge on any atom is 0.118 e. The number of hydrogen-bond donors (Lipinski definition) is 2. The number of fused-ring (bicyclic) bond motifs is 4. The second-order valence-electron chi connectivity index (χ2n) is 7.61. The molecule has 2 aliphatic rings. The van der Waals surface area contributed by atoms with Crippen molar-refractivity contribution in [2.75, 3.05) is 0 Å². The van der Waals surface area contributed by atoms with Crippen LogP contribution in [0.25, 0.3) is 0 Å². The van der Waals surface area contributed by atoms with E-state index >= 15 is 0 Å². The van der Waals surface area contributed by atoms with Crippen LogP contribution in [0.15, 0.2) is 24.3 Å². The lowest BCUT2D eigenvalue weighted by atomic mass is 9.65. The summed E-state index contributed by atoms with van der Waals surface area (Å²) in [7, 11) is 0. The lowest BCUT2D eigenvalue weighted by Crippen LogP contribution is -2.35. The summed E-state index contributed by atoms with van der Waals surface area (Å²) in [5.41, 5.74) is 7.66. The van der Waals surface area contributed by atoms with Crippen molar-refractivity contribution in [3.8, 4) is 11.5 Å². The zero-order chi connectivity index (χ0) is 16.5. The summed E-state index contributed by atoms with van der Waals surface area (Å²) in [6, 6.07) is 7.84. The minimum atomic E-state index is 0.0148. The summed E-state index contributed by atoms with van der Waals surface area (Å²) >= 11 is 0. The van der Waals surface area contributed by atoms with E-state index in [2.05, 4.69) is 26.8 Å². The highest BCUT2D eigenvalue weighted by molar-refractivity contribution is 5.62. The summed E-state index contributed by atoms with van der Waals surface area (Å²) in [6.07, 6.45) is 2.02. The molecule has 2 nitrogen and oxygen atoms in total. The van der Waals surface area contributed by atoms with E-state index in [4.69, 9.17) is 0 Å². The van der Waals surface area contributed by atoms with Gasteiger partial charge in [0.25, 0.3) is 0 Å². The molecule has 0 saturated heterocycles. The first-order valence-electron chi connectivity index (χ1n) is 8.52. The van der Waals surface area contributed by atoms with Crippen molar-refractivity contribution in [1.29, 1.82) is 0 Å². The Morgan fingerprint density at radius 2 is 1.70 bits per heavy atom. The van der Waals surface area contributed by atoms with Crippen LogP contribution in [0.1, 0.15) is 47.2 Å². The molecule has 3 atom stereocenters.